The van der Waals surface area contributed by atoms with Crippen LogP contribution in [0.4, 0.5) is 0 Å². The van der Waals surface area contributed by atoms with Gasteiger partial charge in [-0.15, -0.1) is 11.3 Å². The Hall–Kier alpha value is -2.01. The molecule has 4 nitrogen and oxygen atoms in total. The van der Waals surface area contributed by atoms with Crippen LogP contribution in [0.2, 0.25) is 0 Å². The second-order valence-electron chi connectivity index (χ2n) is 5.18. The maximum absolute atomic E-state index is 5.67. The zero-order chi connectivity index (χ0) is 16.3. The van der Waals surface area contributed by atoms with Gasteiger partial charge in [-0.1, -0.05) is 25.1 Å². The molecule has 0 atom stereocenters. The Balaban J connectivity index is 1.74. The smallest absolute Gasteiger partial charge is 0.191 e. The summed E-state index contributed by atoms with van der Waals surface area (Å²) in [7, 11) is 1.79. The third kappa shape index (κ3) is 6.32. The van der Waals surface area contributed by atoms with Crippen molar-refractivity contribution < 1.29 is 4.74 Å². The highest BCUT2D eigenvalue weighted by atomic mass is 32.1. The van der Waals surface area contributed by atoms with E-state index in [1.54, 1.807) is 18.4 Å². The number of rotatable bonds is 8. The molecule has 23 heavy (non-hydrogen) atoms. The van der Waals surface area contributed by atoms with Gasteiger partial charge in [0.1, 0.15) is 5.75 Å². The second kappa shape index (κ2) is 9.90. The van der Waals surface area contributed by atoms with Crippen LogP contribution in [-0.2, 0) is 13.0 Å². The van der Waals surface area contributed by atoms with Crippen molar-refractivity contribution in [1.82, 2.24) is 10.6 Å². The monoisotopic (exact) mass is 331 g/mol. The van der Waals surface area contributed by atoms with Gasteiger partial charge in [0, 0.05) is 18.5 Å². The number of benzene rings is 1. The first-order chi connectivity index (χ1) is 11.3. The van der Waals surface area contributed by atoms with E-state index in [0.29, 0.717) is 0 Å². The van der Waals surface area contributed by atoms with E-state index in [1.165, 1.54) is 10.4 Å². The van der Waals surface area contributed by atoms with Gasteiger partial charge in [0.05, 0.1) is 13.2 Å². The topological polar surface area (TPSA) is 45.6 Å². The van der Waals surface area contributed by atoms with Gasteiger partial charge in [-0.05, 0) is 42.0 Å². The van der Waals surface area contributed by atoms with Gasteiger partial charge in [-0.2, -0.15) is 0 Å². The molecule has 0 saturated carbocycles. The van der Waals surface area contributed by atoms with Crippen molar-refractivity contribution in [1.29, 1.82) is 0 Å². The minimum Gasteiger partial charge on any atom is -0.494 e. The molecule has 1 aromatic heterocycles. The fourth-order valence-electron chi connectivity index (χ4n) is 2.14. The highest BCUT2D eigenvalue weighted by Crippen LogP contribution is 2.13. The summed E-state index contributed by atoms with van der Waals surface area (Å²) < 4.78 is 5.67. The molecule has 0 bridgehead atoms. The molecule has 2 N–H and O–H groups in total. The Morgan fingerprint density at radius 2 is 2.13 bits per heavy atom. The first kappa shape index (κ1) is 17.3. The summed E-state index contributed by atoms with van der Waals surface area (Å²) in [5.74, 6) is 1.78. The average Bonchev–Trinajstić information content (AvgIpc) is 3.10. The standard InChI is InChI=1S/C18H25N3OS/c1-3-11-22-16-7-4-6-15(13-16)9-10-20-18(19-2)21-14-17-8-5-12-23-17/h4-8,12-13H,3,9-11,14H2,1-2H3,(H2,19,20,21). The van der Waals surface area contributed by atoms with Crippen molar-refractivity contribution >= 4 is 17.3 Å². The van der Waals surface area contributed by atoms with E-state index in [4.69, 9.17) is 4.74 Å². The number of nitrogens with one attached hydrogen (secondary N) is 2. The summed E-state index contributed by atoms with van der Waals surface area (Å²) >= 11 is 1.74. The molecule has 0 fully saturated rings. The van der Waals surface area contributed by atoms with Crippen LogP contribution in [0.5, 0.6) is 5.75 Å². The first-order valence-corrected chi connectivity index (χ1v) is 8.88. The van der Waals surface area contributed by atoms with Crippen LogP contribution in [0.1, 0.15) is 23.8 Å². The molecule has 1 heterocycles. The summed E-state index contributed by atoms with van der Waals surface area (Å²) in [6.45, 7) is 4.52. The molecule has 0 spiro atoms. The summed E-state index contributed by atoms with van der Waals surface area (Å²) in [5, 5.41) is 8.75. The Labute approximate surface area is 142 Å². The molecule has 0 aliphatic rings. The molecule has 0 radical (unpaired) electrons. The number of thiophene rings is 1. The number of nitrogens with zero attached hydrogens (tertiary/aromatic N) is 1. The van der Waals surface area contributed by atoms with E-state index < -0.39 is 0 Å². The predicted octanol–water partition coefficient (Wildman–Crippen LogP) is 3.44. The van der Waals surface area contributed by atoms with Crippen molar-refractivity contribution in [3.63, 3.8) is 0 Å². The van der Waals surface area contributed by atoms with Crippen molar-refractivity contribution in [2.45, 2.75) is 26.3 Å². The van der Waals surface area contributed by atoms with Crippen LogP contribution >= 0.6 is 11.3 Å². The SMILES string of the molecule is CCCOc1cccc(CCNC(=NC)NCc2cccs2)c1. The van der Waals surface area contributed by atoms with Gasteiger partial charge in [-0.3, -0.25) is 4.99 Å². The van der Waals surface area contributed by atoms with E-state index in [1.807, 2.05) is 12.1 Å². The molecule has 124 valence electrons. The van der Waals surface area contributed by atoms with E-state index in [0.717, 1.165) is 44.2 Å². The molecule has 2 aromatic rings. The largest absolute Gasteiger partial charge is 0.494 e. The van der Waals surface area contributed by atoms with Crippen LogP contribution in [0, 0.1) is 0 Å². The highest BCUT2D eigenvalue weighted by Gasteiger charge is 2.00. The fourth-order valence-corrected chi connectivity index (χ4v) is 2.79. The Morgan fingerprint density at radius 1 is 1.22 bits per heavy atom. The van der Waals surface area contributed by atoms with Gasteiger partial charge < -0.3 is 15.4 Å². The van der Waals surface area contributed by atoms with E-state index in [2.05, 4.69) is 52.2 Å². The van der Waals surface area contributed by atoms with Crippen LogP contribution in [0.3, 0.4) is 0 Å². The molecule has 0 saturated heterocycles. The Kier molecular flexibility index (Phi) is 7.46. The Morgan fingerprint density at radius 3 is 2.87 bits per heavy atom. The zero-order valence-electron chi connectivity index (χ0n) is 13.8. The van der Waals surface area contributed by atoms with E-state index in [-0.39, 0.29) is 0 Å². The lowest BCUT2D eigenvalue weighted by Crippen LogP contribution is -2.37. The molecular formula is C18H25N3OS. The van der Waals surface area contributed by atoms with Crippen molar-refractivity contribution in [3.05, 3.63) is 52.2 Å². The quantitative estimate of drug-likeness (QED) is 0.575. The van der Waals surface area contributed by atoms with Gasteiger partial charge >= 0.3 is 0 Å². The van der Waals surface area contributed by atoms with Crippen molar-refractivity contribution in [2.24, 2.45) is 4.99 Å². The lowest BCUT2D eigenvalue weighted by atomic mass is 10.1. The minimum atomic E-state index is 0.765. The van der Waals surface area contributed by atoms with Crippen molar-refractivity contribution in [2.75, 3.05) is 20.2 Å². The van der Waals surface area contributed by atoms with Crippen LogP contribution in [0.25, 0.3) is 0 Å². The summed E-state index contributed by atoms with van der Waals surface area (Å²) in [4.78, 5) is 5.55. The number of ether oxygens (including phenoxy) is 1. The zero-order valence-corrected chi connectivity index (χ0v) is 14.7. The van der Waals surface area contributed by atoms with E-state index in [9.17, 15) is 0 Å². The summed E-state index contributed by atoms with van der Waals surface area (Å²) in [6.07, 6.45) is 1.96. The summed E-state index contributed by atoms with van der Waals surface area (Å²) in [5.41, 5.74) is 1.26. The molecule has 5 heteroatoms. The number of guanidine groups is 1. The second-order valence-corrected chi connectivity index (χ2v) is 6.21. The van der Waals surface area contributed by atoms with Crippen molar-refractivity contribution in [3.8, 4) is 5.75 Å². The normalized spacial score (nSPS) is 11.3. The number of hydrogen-bond donors (Lipinski definition) is 2. The third-order valence-corrected chi connectivity index (χ3v) is 4.19. The average molecular weight is 331 g/mol. The summed E-state index contributed by atoms with van der Waals surface area (Å²) in [6, 6.07) is 12.5. The number of aliphatic imine (C=N–C) groups is 1. The maximum Gasteiger partial charge on any atom is 0.191 e. The Bertz CT molecular complexity index is 596. The highest BCUT2D eigenvalue weighted by molar-refractivity contribution is 7.09. The van der Waals surface area contributed by atoms with Crippen LogP contribution < -0.4 is 15.4 Å². The lowest BCUT2D eigenvalue weighted by Gasteiger charge is -2.12. The maximum atomic E-state index is 5.67. The molecule has 0 amide bonds. The molecule has 0 aliphatic heterocycles. The van der Waals surface area contributed by atoms with Gasteiger partial charge in [-0.25, -0.2) is 0 Å². The fraction of sp³-hybridized carbons (Fsp3) is 0.389. The van der Waals surface area contributed by atoms with Gasteiger partial charge in [0.15, 0.2) is 5.96 Å². The van der Waals surface area contributed by atoms with E-state index >= 15 is 0 Å². The third-order valence-electron chi connectivity index (χ3n) is 3.31. The van der Waals surface area contributed by atoms with Crippen LogP contribution in [0.15, 0.2) is 46.8 Å². The van der Waals surface area contributed by atoms with Gasteiger partial charge in [0.25, 0.3) is 0 Å². The van der Waals surface area contributed by atoms with Gasteiger partial charge in [0.2, 0.25) is 0 Å². The lowest BCUT2D eigenvalue weighted by molar-refractivity contribution is 0.317. The minimum absolute atomic E-state index is 0.765. The number of hydrogen-bond acceptors (Lipinski definition) is 3. The molecule has 1 aromatic carbocycles. The molecule has 0 aliphatic carbocycles. The molecule has 2 rings (SSSR count). The van der Waals surface area contributed by atoms with Crippen LogP contribution in [-0.4, -0.2) is 26.2 Å². The molecular weight excluding hydrogens is 306 g/mol. The predicted molar refractivity (Wildman–Crippen MR) is 98.5 cm³/mol. The molecule has 0 unspecified atom stereocenters. The first-order valence-electron chi connectivity index (χ1n) is 8.00.